The molecule has 0 aliphatic rings. The summed E-state index contributed by atoms with van der Waals surface area (Å²) in [5.74, 6) is -0.0930. The van der Waals surface area contributed by atoms with E-state index in [0.29, 0.717) is 23.0 Å². The maximum atomic E-state index is 12.9. The van der Waals surface area contributed by atoms with Gasteiger partial charge < -0.3 is 4.74 Å². The van der Waals surface area contributed by atoms with Gasteiger partial charge in [-0.2, -0.15) is 0 Å². The summed E-state index contributed by atoms with van der Waals surface area (Å²) in [6.45, 7) is 0.309. The lowest BCUT2D eigenvalue weighted by Crippen LogP contribution is -1.97. The predicted octanol–water partition coefficient (Wildman–Crippen LogP) is 3.93. The van der Waals surface area contributed by atoms with Crippen LogP contribution in [0.2, 0.25) is 4.34 Å². The van der Waals surface area contributed by atoms with E-state index < -0.39 is 5.82 Å². The Morgan fingerprint density at radius 3 is 2.82 bits per heavy atom. The fourth-order valence-electron chi connectivity index (χ4n) is 1.32. The zero-order valence-electron chi connectivity index (χ0n) is 8.65. The fourth-order valence-corrected chi connectivity index (χ4v) is 2.32. The lowest BCUT2D eigenvalue weighted by molar-refractivity contribution is 0.111. The molecule has 0 saturated carbocycles. The lowest BCUT2D eigenvalue weighted by atomic mass is 10.2. The first-order valence-corrected chi connectivity index (χ1v) is 6.00. The minimum Gasteiger partial charge on any atom is -0.487 e. The van der Waals surface area contributed by atoms with Gasteiger partial charge in [0.15, 0.2) is 6.29 Å². The number of rotatable bonds is 4. The van der Waals surface area contributed by atoms with Gasteiger partial charge in [-0.15, -0.1) is 11.3 Å². The van der Waals surface area contributed by atoms with E-state index in [-0.39, 0.29) is 5.56 Å². The molecule has 2 aromatic rings. The first kappa shape index (κ1) is 12.1. The Balaban J connectivity index is 2.11. The molecule has 0 radical (unpaired) electrons. The van der Waals surface area contributed by atoms with Gasteiger partial charge in [0.25, 0.3) is 0 Å². The van der Waals surface area contributed by atoms with Gasteiger partial charge in [-0.05, 0) is 30.3 Å². The van der Waals surface area contributed by atoms with Gasteiger partial charge in [-0.25, -0.2) is 4.39 Å². The van der Waals surface area contributed by atoms with Crippen molar-refractivity contribution in [3.05, 3.63) is 50.9 Å². The Morgan fingerprint density at radius 2 is 2.18 bits per heavy atom. The Morgan fingerprint density at radius 1 is 1.35 bits per heavy atom. The molecular formula is C12H8ClFO2S. The summed E-state index contributed by atoms with van der Waals surface area (Å²) in [5, 5.41) is 0. The largest absolute Gasteiger partial charge is 0.487 e. The zero-order chi connectivity index (χ0) is 12.3. The maximum absolute atomic E-state index is 12.9. The van der Waals surface area contributed by atoms with Crippen LogP contribution >= 0.6 is 22.9 Å². The number of carbonyl (C=O) groups excluding carboxylic acids is 1. The molecule has 0 atom stereocenters. The van der Waals surface area contributed by atoms with Gasteiger partial charge >= 0.3 is 0 Å². The van der Waals surface area contributed by atoms with E-state index >= 15 is 0 Å². The monoisotopic (exact) mass is 270 g/mol. The van der Waals surface area contributed by atoms with Gasteiger partial charge in [0.2, 0.25) is 0 Å². The predicted molar refractivity (Wildman–Crippen MR) is 65.4 cm³/mol. The Kier molecular flexibility index (Phi) is 3.76. The van der Waals surface area contributed by atoms with E-state index in [0.717, 1.165) is 10.9 Å². The lowest BCUT2D eigenvalue weighted by Gasteiger charge is -2.06. The number of halogens is 2. The molecule has 0 aliphatic carbocycles. The highest BCUT2D eigenvalue weighted by Crippen LogP contribution is 2.24. The molecule has 0 unspecified atom stereocenters. The standard InChI is InChI=1S/C12H8ClFO2S/c13-12-4-2-10(17-12)7-16-11-3-1-9(14)5-8(11)6-15/h1-6H,7H2. The highest BCUT2D eigenvalue weighted by Gasteiger charge is 2.06. The second-order valence-electron chi connectivity index (χ2n) is 3.29. The van der Waals surface area contributed by atoms with Crippen LogP contribution in [0.5, 0.6) is 5.75 Å². The molecule has 1 heterocycles. The second kappa shape index (κ2) is 5.29. The smallest absolute Gasteiger partial charge is 0.153 e. The summed E-state index contributed by atoms with van der Waals surface area (Å²) >= 11 is 7.18. The van der Waals surface area contributed by atoms with Crippen LogP contribution in [0.25, 0.3) is 0 Å². The molecule has 0 amide bonds. The van der Waals surface area contributed by atoms with Gasteiger partial charge in [0.1, 0.15) is 18.2 Å². The minimum atomic E-state index is -0.460. The SMILES string of the molecule is O=Cc1cc(F)ccc1OCc1ccc(Cl)s1. The molecule has 0 N–H and O–H groups in total. The zero-order valence-corrected chi connectivity index (χ0v) is 10.2. The number of hydrogen-bond acceptors (Lipinski definition) is 3. The van der Waals surface area contributed by atoms with Gasteiger partial charge in [0, 0.05) is 4.88 Å². The molecule has 0 saturated heterocycles. The molecule has 5 heteroatoms. The normalized spacial score (nSPS) is 10.2. The van der Waals surface area contributed by atoms with Crippen molar-refractivity contribution in [3.63, 3.8) is 0 Å². The van der Waals surface area contributed by atoms with E-state index in [2.05, 4.69) is 0 Å². The second-order valence-corrected chi connectivity index (χ2v) is 5.09. The number of ether oxygens (including phenoxy) is 1. The Bertz CT molecular complexity index is 539. The minimum absolute atomic E-state index is 0.202. The molecule has 2 nitrogen and oxygen atoms in total. The first-order valence-electron chi connectivity index (χ1n) is 4.81. The number of hydrogen-bond donors (Lipinski definition) is 0. The van der Waals surface area contributed by atoms with Crippen molar-refractivity contribution in [2.45, 2.75) is 6.61 Å². The van der Waals surface area contributed by atoms with Crippen molar-refractivity contribution < 1.29 is 13.9 Å². The van der Waals surface area contributed by atoms with Crippen LogP contribution < -0.4 is 4.74 Å². The third kappa shape index (κ3) is 3.05. The third-order valence-electron chi connectivity index (χ3n) is 2.10. The molecule has 0 aliphatic heterocycles. The van der Waals surface area contributed by atoms with Crippen molar-refractivity contribution in [2.24, 2.45) is 0 Å². The van der Waals surface area contributed by atoms with E-state index in [4.69, 9.17) is 16.3 Å². The van der Waals surface area contributed by atoms with Crippen molar-refractivity contribution >= 4 is 29.2 Å². The van der Waals surface area contributed by atoms with Gasteiger partial charge in [-0.3, -0.25) is 4.79 Å². The Labute approximate surface area is 107 Å². The summed E-state index contributed by atoms with van der Waals surface area (Å²) < 4.78 is 19.0. The average Bonchev–Trinajstić information content (AvgIpc) is 2.73. The topological polar surface area (TPSA) is 26.3 Å². The summed E-state index contributed by atoms with van der Waals surface area (Å²) in [6.07, 6.45) is 0.569. The van der Waals surface area contributed by atoms with Crippen molar-refractivity contribution in [2.75, 3.05) is 0 Å². The average molecular weight is 271 g/mol. The highest BCUT2D eigenvalue weighted by molar-refractivity contribution is 7.16. The molecule has 0 spiro atoms. The molecule has 88 valence electrons. The van der Waals surface area contributed by atoms with Crippen LogP contribution in [0.4, 0.5) is 4.39 Å². The van der Waals surface area contributed by atoms with E-state index in [1.165, 1.54) is 23.5 Å². The molecular weight excluding hydrogens is 263 g/mol. The van der Waals surface area contributed by atoms with E-state index in [9.17, 15) is 9.18 Å². The molecule has 1 aromatic heterocycles. The van der Waals surface area contributed by atoms with Crippen LogP contribution in [0.1, 0.15) is 15.2 Å². The van der Waals surface area contributed by atoms with Crippen molar-refractivity contribution in [1.82, 2.24) is 0 Å². The third-order valence-corrected chi connectivity index (χ3v) is 3.30. The summed E-state index contributed by atoms with van der Waals surface area (Å²) in [4.78, 5) is 11.7. The molecule has 0 bridgehead atoms. The summed E-state index contributed by atoms with van der Waals surface area (Å²) in [5.41, 5.74) is 0.202. The van der Waals surface area contributed by atoms with Crippen molar-refractivity contribution in [3.8, 4) is 5.75 Å². The number of aldehydes is 1. The van der Waals surface area contributed by atoms with E-state index in [1.807, 2.05) is 6.07 Å². The molecule has 1 aromatic carbocycles. The fraction of sp³-hybridized carbons (Fsp3) is 0.0833. The van der Waals surface area contributed by atoms with Crippen molar-refractivity contribution in [1.29, 1.82) is 0 Å². The van der Waals surface area contributed by atoms with Crippen LogP contribution in [0, 0.1) is 5.82 Å². The van der Waals surface area contributed by atoms with E-state index in [1.54, 1.807) is 6.07 Å². The molecule has 2 rings (SSSR count). The molecule has 0 fully saturated rings. The first-order chi connectivity index (χ1) is 8.19. The van der Waals surface area contributed by atoms with Crippen LogP contribution in [-0.2, 0) is 6.61 Å². The van der Waals surface area contributed by atoms with Gasteiger partial charge in [0.05, 0.1) is 9.90 Å². The number of thiophene rings is 1. The summed E-state index contributed by atoms with van der Waals surface area (Å²) in [7, 11) is 0. The van der Waals surface area contributed by atoms with Crippen LogP contribution in [0.3, 0.4) is 0 Å². The number of carbonyl (C=O) groups is 1. The van der Waals surface area contributed by atoms with Crippen LogP contribution in [0.15, 0.2) is 30.3 Å². The van der Waals surface area contributed by atoms with Gasteiger partial charge in [-0.1, -0.05) is 11.6 Å². The van der Waals surface area contributed by atoms with Crippen LogP contribution in [-0.4, -0.2) is 6.29 Å². The molecule has 17 heavy (non-hydrogen) atoms. The summed E-state index contributed by atoms with van der Waals surface area (Å²) in [6, 6.07) is 7.45. The Hall–Kier alpha value is -1.39. The number of benzene rings is 1. The maximum Gasteiger partial charge on any atom is 0.153 e. The quantitative estimate of drug-likeness (QED) is 0.787. The highest BCUT2D eigenvalue weighted by atomic mass is 35.5.